The van der Waals surface area contributed by atoms with Gasteiger partial charge >= 0.3 is 0 Å². The van der Waals surface area contributed by atoms with Gasteiger partial charge in [-0.25, -0.2) is 0 Å². The fraction of sp³-hybridized carbons (Fsp3) is 0. The molecule has 0 heterocycles. The van der Waals surface area contributed by atoms with E-state index in [0.29, 0.717) is 0 Å². The number of hydrogen-bond donors (Lipinski definition) is 0. The van der Waals surface area contributed by atoms with Gasteiger partial charge < -0.3 is 0 Å². The molecule has 0 atom stereocenters. The van der Waals surface area contributed by atoms with E-state index in [2.05, 4.69) is 0 Å². The fourth-order valence-electron chi connectivity index (χ4n) is 0. The van der Waals surface area contributed by atoms with Gasteiger partial charge in [0.25, 0.3) is 0 Å². The first-order chi connectivity index (χ1) is 0. The first kappa shape index (κ1) is 37.5. The molecule has 0 saturated heterocycles. The Balaban J connectivity index is 0. The molecule has 0 N–H and O–H groups in total. The molecule has 4 heavy (non-hydrogen) atoms. The zero-order chi connectivity index (χ0) is 0. The third-order valence-electron chi connectivity index (χ3n) is 0. The molecule has 0 nitrogen and oxygen atoms in total. The van der Waals surface area contributed by atoms with Gasteiger partial charge in [-0.1, -0.05) is 0 Å². The van der Waals surface area contributed by atoms with Crippen LogP contribution in [0.3, 0.4) is 0 Å². The van der Waals surface area contributed by atoms with Crippen LogP contribution in [0.25, 0.3) is 0 Å². The summed E-state index contributed by atoms with van der Waals surface area (Å²) < 4.78 is 0. The summed E-state index contributed by atoms with van der Waals surface area (Å²) in [6.45, 7) is 0. The van der Waals surface area contributed by atoms with E-state index >= 15 is 0 Å². The molecule has 0 spiro atoms. The van der Waals surface area contributed by atoms with E-state index in [1.54, 1.807) is 0 Å². The molecule has 0 aromatic rings. The van der Waals surface area contributed by atoms with Gasteiger partial charge in [-0.05, 0) is 0 Å². The molecule has 4 heteroatoms. The Kier molecular flexibility index (Phi) is 188. The molecular formula is H3BCrMoTi. The summed E-state index contributed by atoms with van der Waals surface area (Å²) in [5.74, 6) is 0. The maximum Gasteiger partial charge on any atom is 0.0814 e. The van der Waals surface area contributed by atoms with Crippen LogP contribution in [0, 0.1) is 0 Å². The van der Waals surface area contributed by atoms with Crippen LogP contribution in [0.2, 0.25) is 0 Å². The molecule has 0 amide bonds. The summed E-state index contributed by atoms with van der Waals surface area (Å²) in [6.07, 6.45) is 0. The van der Waals surface area contributed by atoms with Crippen LogP contribution in [0.15, 0.2) is 0 Å². The van der Waals surface area contributed by atoms with Crippen LogP contribution in [0.4, 0.5) is 0 Å². The van der Waals surface area contributed by atoms with E-state index in [-0.39, 0.29) is 68.6 Å². The average Bonchev–Trinajstić information content (AvgIpc) is 0. The zero-order valence-corrected chi connectivity index (χ0v) is 6.16. The maximum atomic E-state index is 0. The Morgan fingerprint density at radius 1 is 1.00 bits per heavy atom. The molecule has 0 aliphatic rings. The molecule has 0 unspecified atom stereocenters. The van der Waals surface area contributed by atoms with E-state index < -0.39 is 0 Å². The standard InChI is InChI=1S/BH3.Cr.Mo.Ti/h1H3;;;. The summed E-state index contributed by atoms with van der Waals surface area (Å²) in [6, 6.07) is 0. The van der Waals surface area contributed by atoms with Crippen molar-refractivity contribution < 1.29 is 60.1 Å². The van der Waals surface area contributed by atoms with Crippen LogP contribution < -0.4 is 0 Å². The van der Waals surface area contributed by atoms with Gasteiger partial charge in [0.1, 0.15) is 0 Å². The smallest absolute Gasteiger partial charge is 0 e. The second-order valence-corrected chi connectivity index (χ2v) is 0. The minimum absolute atomic E-state index is 0. The zero-order valence-electron chi connectivity index (χ0n) is 1.32. The molecule has 0 aromatic heterocycles. The summed E-state index contributed by atoms with van der Waals surface area (Å²) in [5.41, 5.74) is 0. The Morgan fingerprint density at radius 3 is 1.00 bits per heavy atom. The van der Waals surface area contributed by atoms with Crippen molar-refractivity contribution in [2.75, 3.05) is 0 Å². The molecular weight excluding hydrogens is 207 g/mol. The topological polar surface area (TPSA) is 0 Å². The molecule has 0 saturated carbocycles. The molecule has 0 aliphatic heterocycles. The van der Waals surface area contributed by atoms with Gasteiger partial charge in [0.2, 0.25) is 0 Å². The normalized spacial score (nSPS) is 0. The summed E-state index contributed by atoms with van der Waals surface area (Å²) >= 11 is 0. The fourth-order valence-corrected chi connectivity index (χ4v) is 0. The minimum Gasteiger partial charge on any atom is 0 e. The van der Waals surface area contributed by atoms with E-state index in [1.165, 1.54) is 0 Å². The van der Waals surface area contributed by atoms with Crippen molar-refractivity contribution in [1.29, 1.82) is 0 Å². The van der Waals surface area contributed by atoms with Crippen molar-refractivity contribution >= 4 is 8.41 Å². The number of rotatable bonds is 0. The first-order valence-corrected chi connectivity index (χ1v) is 0. The van der Waals surface area contributed by atoms with Gasteiger partial charge in [0.05, 0.1) is 8.41 Å². The van der Waals surface area contributed by atoms with Gasteiger partial charge in [0, 0.05) is 60.1 Å². The van der Waals surface area contributed by atoms with E-state index in [9.17, 15) is 0 Å². The Labute approximate surface area is 68.0 Å². The summed E-state index contributed by atoms with van der Waals surface area (Å²) in [4.78, 5) is 0. The second kappa shape index (κ2) is 20.0. The molecule has 22 valence electrons. The molecule has 0 bridgehead atoms. The molecule has 0 rings (SSSR count). The van der Waals surface area contributed by atoms with Crippen molar-refractivity contribution in [1.82, 2.24) is 0 Å². The molecule has 0 aliphatic carbocycles. The van der Waals surface area contributed by atoms with Crippen molar-refractivity contribution in [3.05, 3.63) is 0 Å². The van der Waals surface area contributed by atoms with Crippen molar-refractivity contribution in [2.45, 2.75) is 0 Å². The maximum absolute atomic E-state index is 0. The first-order valence-electron chi connectivity index (χ1n) is 0. The van der Waals surface area contributed by atoms with Crippen molar-refractivity contribution in [3.8, 4) is 0 Å². The van der Waals surface area contributed by atoms with Crippen LogP contribution in [0.5, 0.6) is 0 Å². The SMILES string of the molecule is B.[Cr].[Mo].[Ti]. The van der Waals surface area contributed by atoms with Crippen molar-refractivity contribution in [2.24, 2.45) is 0 Å². The van der Waals surface area contributed by atoms with E-state index in [0.717, 1.165) is 0 Å². The third-order valence-corrected chi connectivity index (χ3v) is 0. The number of hydrogen-bond acceptors (Lipinski definition) is 0. The predicted octanol–water partition coefficient (Wildman–Crippen LogP) is -1.19. The van der Waals surface area contributed by atoms with Crippen LogP contribution in [-0.2, 0) is 60.1 Å². The average molecular weight is 210 g/mol. The molecule has 0 radical (unpaired) electrons. The summed E-state index contributed by atoms with van der Waals surface area (Å²) in [7, 11) is 0. The van der Waals surface area contributed by atoms with Crippen LogP contribution in [0.1, 0.15) is 0 Å². The Hall–Kier alpha value is 2.00. The third kappa shape index (κ3) is 9.00. The van der Waals surface area contributed by atoms with E-state index in [4.69, 9.17) is 0 Å². The monoisotopic (exact) mass is 212 g/mol. The summed E-state index contributed by atoms with van der Waals surface area (Å²) in [5, 5.41) is 0. The Bertz CT molecular complexity index is 8.00. The molecule has 0 aromatic carbocycles. The molecule has 0 fully saturated rings. The van der Waals surface area contributed by atoms with Crippen molar-refractivity contribution in [3.63, 3.8) is 0 Å². The van der Waals surface area contributed by atoms with Gasteiger partial charge in [-0.2, -0.15) is 0 Å². The van der Waals surface area contributed by atoms with E-state index in [1.807, 2.05) is 0 Å². The van der Waals surface area contributed by atoms with Gasteiger partial charge in [-0.15, -0.1) is 0 Å². The quantitative estimate of drug-likeness (QED) is 0.440. The minimum atomic E-state index is 0. The van der Waals surface area contributed by atoms with Crippen LogP contribution >= 0.6 is 0 Å². The van der Waals surface area contributed by atoms with Crippen LogP contribution in [-0.4, -0.2) is 8.41 Å². The Morgan fingerprint density at radius 2 is 1.00 bits per heavy atom. The van der Waals surface area contributed by atoms with Gasteiger partial charge in [-0.3, -0.25) is 0 Å². The second-order valence-electron chi connectivity index (χ2n) is 0. The van der Waals surface area contributed by atoms with Gasteiger partial charge in [0.15, 0.2) is 0 Å². The predicted molar refractivity (Wildman–Crippen MR) is 9.94 cm³/mol. The largest absolute Gasteiger partial charge is 0.0814 e.